The van der Waals surface area contributed by atoms with Gasteiger partial charge in [0.15, 0.2) is 5.79 Å². The van der Waals surface area contributed by atoms with Crippen molar-refractivity contribution >= 4 is 5.78 Å². The van der Waals surface area contributed by atoms with Gasteiger partial charge in [0.2, 0.25) is 0 Å². The molecule has 0 aromatic carbocycles. The maximum Gasteiger partial charge on any atom is 0.169 e. The molecule has 25 heavy (non-hydrogen) atoms. The van der Waals surface area contributed by atoms with E-state index in [1.807, 2.05) is 0 Å². The van der Waals surface area contributed by atoms with Crippen molar-refractivity contribution in [2.24, 2.45) is 28.6 Å². The Balaban J connectivity index is 1.40. The first-order valence-electron chi connectivity index (χ1n) is 10.4. The Labute approximate surface area is 150 Å². The number of carbonyl (C=O) groups is 1. The van der Waals surface area contributed by atoms with Gasteiger partial charge < -0.3 is 14.2 Å². The first-order valence-corrected chi connectivity index (χ1v) is 10.4. The van der Waals surface area contributed by atoms with E-state index in [1.165, 1.54) is 12.8 Å². The zero-order valence-electron chi connectivity index (χ0n) is 15.5. The zero-order valence-corrected chi connectivity index (χ0v) is 15.5. The van der Waals surface area contributed by atoms with Crippen LogP contribution in [0.4, 0.5) is 0 Å². The Morgan fingerprint density at radius 2 is 1.84 bits per heavy atom. The van der Waals surface area contributed by atoms with Gasteiger partial charge in [0.25, 0.3) is 0 Å². The molecule has 4 nitrogen and oxygen atoms in total. The Morgan fingerprint density at radius 1 is 1.04 bits per heavy atom. The van der Waals surface area contributed by atoms with Gasteiger partial charge in [-0.25, -0.2) is 0 Å². The van der Waals surface area contributed by atoms with Crippen molar-refractivity contribution in [3.05, 3.63) is 0 Å². The Hall–Kier alpha value is -0.450. The average Bonchev–Trinajstić information content (AvgIpc) is 2.95. The van der Waals surface area contributed by atoms with Crippen LogP contribution in [0, 0.1) is 28.6 Å². The van der Waals surface area contributed by atoms with E-state index >= 15 is 0 Å². The van der Waals surface area contributed by atoms with Crippen LogP contribution in [0.15, 0.2) is 0 Å². The number of Topliss-reactive ketones (excluding diaryl/α,β-unsaturated/α-hetero) is 1. The summed E-state index contributed by atoms with van der Waals surface area (Å²) in [6, 6.07) is 0. The minimum atomic E-state index is -0.376. The van der Waals surface area contributed by atoms with Crippen molar-refractivity contribution in [2.75, 3.05) is 13.2 Å². The summed E-state index contributed by atoms with van der Waals surface area (Å²) < 4.78 is 18.7. The second-order valence-corrected chi connectivity index (χ2v) is 10.3. The molecule has 2 heterocycles. The van der Waals surface area contributed by atoms with Crippen LogP contribution in [0.1, 0.15) is 65.2 Å². The SMILES string of the molecule is C[C@@]12CCC(=O)[C@@H]1[C@@H]1C[C@@H]3O[C@@]34CCC3(C[C@]4(C)[C@@H]1CC2)OCCO3. The molecule has 0 aromatic rings. The van der Waals surface area contributed by atoms with E-state index in [4.69, 9.17) is 14.2 Å². The van der Waals surface area contributed by atoms with E-state index in [2.05, 4.69) is 13.8 Å². The normalized spacial score (nSPS) is 58.4. The molecule has 4 saturated carbocycles. The van der Waals surface area contributed by atoms with Gasteiger partial charge in [-0.3, -0.25) is 4.79 Å². The quantitative estimate of drug-likeness (QED) is 0.630. The molecule has 6 aliphatic rings. The summed E-state index contributed by atoms with van der Waals surface area (Å²) in [5, 5.41) is 0. The van der Waals surface area contributed by atoms with Crippen molar-refractivity contribution < 1.29 is 19.0 Å². The zero-order chi connectivity index (χ0) is 17.1. The fourth-order valence-electron chi connectivity index (χ4n) is 8.24. The predicted molar refractivity (Wildman–Crippen MR) is 90.9 cm³/mol. The molecule has 4 heteroatoms. The van der Waals surface area contributed by atoms with Gasteiger partial charge in [-0.1, -0.05) is 13.8 Å². The van der Waals surface area contributed by atoms with E-state index in [9.17, 15) is 4.79 Å². The molecule has 138 valence electrons. The lowest BCUT2D eigenvalue weighted by Gasteiger charge is -2.59. The van der Waals surface area contributed by atoms with Gasteiger partial charge in [0.1, 0.15) is 11.4 Å². The molecule has 0 bridgehead atoms. The number of hydrogen-bond acceptors (Lipinski definition) is 4. The number of fused-ring (bicyclic) bond motifs is 4. The summed E-state index contributed by atoms with van der Waals surface area (Å²) >= 11 is 0. The van der Waals surface area contributed by atoms with Gasteiger partial charge in [0.05, 0.1) is 19.3 Å². The molecular weight excluding hydrogens is 316 g/mol. The largest absolute Gasteiger partial charge is 0.365 e. The van der Waals surface area contributed by atoms with E-state index in [-0.39, 0.29) is 28.1 Å². The number of rotatable bonds is 0. The van der Waals surface area contributed by atoms with Gasteiger partial charge in [-0.2, -0.15) is 0 Å². The highest BCUT2D eigenvalue weighted by atomic mass is 16.7. The molecule has 6 fully saturated rings. The highest BCUT2D eigenvalue weighted by Gasteiger charge is 2.78. The second kappa shape index (κ2) is 4.51. The topological polar surface area (TPSA) is 48.1 Å². The first-order chi connectivity index (χ1) is 11.9. The monoisotopic (exact) mass is 346 g/mol. The Kier molecular flexibility index (Phi) is 2.81. The highest BCUT2D eigenvalue weighted by Crippen LogP contribution is 2.74. The third-order valence-electron chi connectivity index (χ3n) is 9.43. The molecule has 0 radical (unpaired) electrons. The summed E-state index contributed by atoms with van der Waals surface area (Å²) in [5.41, 5.74) is 0.383. The fourth-order valence-corrected chi connectivity index (χ4v) is 8.24. The lowest BCUT2D eigenvalue weighted by molar-refractivity contribution is -0.234. The van der Waals surface area contributed by atoms with Crippen LogP contribution < -0.4 is 0 Å². The maximum atomic E-state index is 12.8. The van der Waals surface area contributed by atoms with E-state index in [1.54, 1.807) is 0 Å². The molecule has 2 aliphatic heterocycles. The minimum absolute atomic E-state index is 0.0458. The van der Waals surface area contributed by atoms with Crippen LogP contribution in [0.2, 0.25) is 0 Å². The molecule has 0 unspecified atom stereocenters. The van der Waals surface area contributed by atoms with Crippen LogP contribution in [0.3, 0.4) is 0 Å². The van der Waals surface area contributed by atoms with Gasteiger partial charge in [0, 0.05) is 30.6 Å². The number of ketones is 1. The third-order valence-corrected chi connectivity index (χ3v) is 9.43. The number of carbonyl (C=O) groups excluding carboxylic acids is 1. The molecule has 2 saturated heterocycles. The van der Waals surface area contributed by atoms with Crippen LogP contribution in [-0.4, -0.2) is 36.5 Å². The van der Waals surface area contributed by atoms with Gasteiger partial charge in [-0.15, -0.1) is 0 Å². The summed E-state index contributed by atoms with van der Waals surface area (Å²) in [6.45, 7) is 6.27. The molecular formula is C21H30O4. The van der Waals surface area contributed by atoms with Crippen molar-refractivity contribution in [1.82, 2.24) is 0 Å². The predicted octanol–water partition coefficient (Wildman–Crippen LogP) is 3.47. The van der Waals surface area contributed by atoms with E-state index < -0.39 is 0 Å². The molecule has 0 amide bonds. The molecule has 2 spiro atoms. The maximum absolute atomic E-state index is 12.8. The van der Waals surface area contributed by atoms with E-state index in [0.29, 0.717) is 23.7 Å². The summed E-state index contributed by atoms with van der Waals surface area (Å²) in [7, 11) is 0. The highest BCUT2D eigenvalue weighted by molar-refractivity contribution is 5.84. The van der Waals surface area contributed by atoms with Crippen LogP contribution >= 0.6 is 0 Å². The molecule has 6 rings (SSSR count). The Bertz CT molecular complexity index is 640. The summed E-state index contributed by atoms with van der Waals surface area (Å²) in [4.78, 5) is 12.8. The molecule has 4 aliphatic carbocycles. The van der Waals surface area contributed by atoms with Crippen molar-refractivity contribution in [3.8, 4) is 0 Å². The van der Waals surface area contributed by atoms with Crippen LogP contribution in [0.5, 0.6) is 0 Å². The Morgan fingerprint density at radius 3 is 2.64 bits per heavy atom. The van der Waals surface area contributed by atoms with Crippen molar-refractivity contribution in [1.29, 1.82) is 0 Å². The van der Waals surface area contributed by atoms with Gasteiger partial charge >= 0.3 is 0 Å². The lowest BCUT2D eigenvalue weighted by atomic mass is 9.44. The van der Waals surface area contributed by atoms with Crippen LogP contribution in [0.25, 0.3) is 0 Å². The lowest BCUT2D eigenvalue weighted by Crippen LogP contribution is -2.61. The second-order valence-electron chi connectivity index (χ2n) is 10.3. The standard InChI is InChI=1S/C21H30O4/c1-18-5-3-14-13(17(18)15(22)4-6-18)11-16-21(25-16)8-7-20(12-19(14,21)2)23-9-10-24-20/h13-14,16-17H,3-12H2,1-2H3/t13-,14-,16+,17+,18-,19-,21+/m1/s1. The summed E-state index contributed by atoms with van der Waals surface area (Å²) in [5.74, 6) is 1.52. The third kappa shape index (κ3) is 1.73. The van der Waals surface area contributed by atoms with Gasteiger partial charge in [-0.05, 0) is 49.4 Å². The van der Waals surface area contributed by atoms with Crippen LogP contribution in [-0.2, 0) is 19.0 Å². The minimum Gasteiger partial charge on any atom is -0.365 e. The fraction of sp³-hybridized carbons (Fsp3) is 0.952. The smallest absolute Gasteiger partial charge is 0.169 e. The number of epoxide rings is 1. The van der Waals surface area contributed by atoms with E-state index in [0.717, 1.165) is 51.7 Å². The number of ether oxygens (including phenoxy) is 3. The number of hydrogen-bond donors (Lipinski definition) is 0. The summed E-state index contributed by atoms with van der Waals surface area (Å²) in [6.07, 6.45) is 8.82. The molecule has 7 atom stereocenters. The molecule has 0 N–H and O–H groups in total. The first kappa shape index (κ1) is 15.6. The molecule has 0 aromatic heterocycles. The average molecular weight is 346 g/mol. The van der Waals surface area contributed by atoms with Crippen molar-refractivity contribution in [3.63, 3.8) is 0 Å². The van der Waals surface area contributed by atoms with Crippen molar-refractivity contribution in [2.45, 2.75) is 82.7 Å².